The number of allylic oxidation sites excluding steroid dienone is 5. The third-order valence-electron chi connectivity index (χ3n) is 3.71. The van der Waals surface area contributed by atoms with E-state index >= 15 is 0 Å². The molecule has 0 radical (unpaired) electrons. The van der Waals surface area contributed by atoms with E-state index in [1.165, 1.54) is 57.9 Å². The molecule has 2 N–H and O–H groups in total. The van der Waals surface area contributed by atoms with Crippen molar-refractivity contribution in [3.05, 3.63) is 30.1 Å². The summed E-state index contributed by atoms with van der Waals surface area (Å²) < 4.78 is 5.17. The average Bonchev–Trinajstić information content (AvgIpc) is 2.55. The van der Waals surface area contributed by atoms with Gasteiger partial charge < -0.3 is 10.5 Å². The van der Waals surface area contributed by atoms with Crippen LogP contribution in [0.2, 0.25) is 0 Å². The zero-order valence-corrected chi connectivity index (χ0v) is 15.1. The van der Waals surface area contributed by atoms with E-state index in [2.05, 4.69) is 0 Å². The minimum Gasteiger partial charge on any atom is -0.431 e. The lowest BCUT2D eigenvalue weighted by atomic mass is 10.1. The van der Waals surface area contributed by atoms with Gasteiger partial charge in [-0.1, -0.05) is 63.5 Å². The number of nitrogens with two attached hydrogens (primary N) is 1. The summed E-state index contributed by atoms with van der Waals surface area (Å²) in [4.78, 5) is 21.1. The van der Waals surface area contributed by atoms with Gasteiger partial charge in [-0.15, -0.1) is 0 Å². The highest BCUT2D eigenvalue weighted by Crippen LogP contribution is 2.14. The Morgan fingerprint density at radius 1 is 0.917 bits per heavy atom. The lowest BCUT2D eigenvalue weighted by molar-refractivity contribution is -0.137. The summed E-state index contributed by atoms with van der Waals surface area (Å²) in [6, 6.07) is 0. The Morgan fingerprint density at radius 2 is 1.46 bits per heavy atom. The number of hydrogen-bond acceptors (Lipinski definition) is 4. The molecule has 0 bridgehead atoms. The van der Waals surface area contributed by atoms with Crippen molar-refractivity contribution in [3.63, 3.8) is 0 Å². The zero-order valence-electron chi connectivity index (χ0n) is 15.1. The maximum atomic E-state index is 11.1. The van der Waals surface area contributed by atoms with Gasteiger partial charge in [0.05, 0.1) is 0 Å². The molecule has 0 heterocycles. The van der Waals surface area contributed by atoms with Gasteiger partial charge in [0.15, 0.2) is 0 Å². The number of ether oxygens (including phenoxy) is 1. The molecule has 4 heteroatoms. The molecular formula is C20H33NO3. The Hall–Kier alpha value is -1.64. The smallest absolute Gasteiger partial charge is 0.307 e. The van der Waals surface area contributed by atoms with Gasteiger partial charge in [0.1, 0.15) is 11.7 Å². The third-order valence-corrected chi connectivity index (χ3v) is 3.71. The van der Waals surface area contributed by atoms with E-state index in [0.29, 0.717) is 5.76 Å². The molecule has 4 nitrogen and oxygen atoms in total. The van der Waals surface area contributed by atoms with Crippen LogP contribution in [0.4, 0.5) is 0 Å². The molecule has 0 rings (SSSR count). The Morgan fingerprint density at radius 3 is 1.96 bits per heavy atom. The maximum Gasteiger partial charge on any atom is 0.307 e. The molecule has 0 aromatic heterocycles. The predicted octanol–water partition coefficient (Wildman–Crippen LogP) is 4.63. The van der Waals surface area contributed by atoms with Gasteiger partial charge in [-0.25, -0.2) is 4.79 Å². The summed E-state index contributed by atoms with van der Waals surface area (Å²) in [6.45, 7) is 2.21. The van der Waals surface area contributed by atoms with Crippen molar-refractivity contribution in [1.82, 2.24) is 0 Å². The first-order valence-electron chi connectivity index (χ1n) is 9.16. The molecule has 0 aromatic rings. The molecule has 0 aromatic carbocycles. The van der Waals surface area contributed by atoms with Gasteiger partial charge in [-0.2, -0.15) is 0 Å². The van der Waals surface area contributed by atoms with Gasteiger partial charge in [0.25, 0.3) is 0 Å². The highest BCUT2D eigenvalue weighted by molar-refractivity contribution is 5.67. The monoisotopic (exact) mass is 335 g/mol. The summed E-state index contributed by atoms with van der Waals surface area (Å²) in [7, 11) is 0. The molecule has 24 heavy (non-hydrogen) atoms. The minimum atomic E-state index is -0.310. The van der Waals surface area contributed by atoms with E-state index in [-0.39, 0.29) is 5.97 Å². The standard InChI is InChI=1S/C20H33NO3/c1-19(23)24-20(16-12-10-14-18-22)15-11-8-6-4-2-3-5-7-9-13-17-21/h10,12,14,16H,2-9,11,13,15,17,21H2,1H3/b12-10-,20-16+. The molecule has 0 saturated heterocycles. The topological polar surface area (TPSA) is 69.4 Å². The molecule has 0 aliphatic heterocycles. The molecule has 0 atom stereocenters. The lowest BCUT2D eigenvalue weighted by Gasteiger charge is -2.06. The van der Waals surface area contributed by atoms with Gasteiger partial charge in [0.2, 0.25) is 0 Å². The van der Waals surface area contributed by atoms with E-state index in [9.17, 15) is 9.59 Å². The summed E-state index contributed by atoms with van der Waals surface area (Å²) in [5.41, 5.74) is 5.47. The lowest BCUT2D eigenvalue weighted by Crippen LogP contribution is -1.99. The zero-order chi connectivity index (χ0) is 17.9. The summed E-state index contributed by atoms with van der Waals surface area (Å²) >= 11 is 0. The molecule has 0 saturated carbocycles. The molecule has 0 fully saturated rings. The Bertz CT molecular complexity index is 421. The van der Waals surface area contributed by atoms with Crippen molar-refractivity contribution < 1.29 is 14.3 Å². The molecule has 0 amide bonds. The number of rotatable bonds is 15. The summed E-state index contributed by atoms with van der Waals surface area (Å²) in [5, 5.41) is 0. The number of esters is 1. The summed E-state index contributed by atoms with van der Waals surface area (Å²) in [6.07, 6.45) is 19.3. The van der Waals surface area contributed by atoms with Crippen molar-refractivity contribution in [1.29, 1.82) is 0 Å². The van der Waals surface area contributed by atoms with Crippen LogP contribution in [-0.4, -0.2) is 18.5 Å². The quantitative estimate of drug-likeness (QED) is 0.156. The van der Waals surface area contributed by atoms with Crippen LogP contribution in [0, 0.1) is 0 Å². The first-order chi connectivity index (χ1) is 11.7. The highest BCUT2D eigenvalue weighted by atomic mass is 16.5. The van der Waals surface area contributed by atoms with Crippen LogP contribution in [0.25, 0.3) is 0 Å². The fourth-order valence-electron chi connectivity index (χ4n) is 2.47. The van der Waals surface area contributed by atoms with Crippen molar-refractivity contribution >= 4 is 11.9 Å². The van der Waals surface area contributed by atoms with E-state index in [4.69, 9.17) is 10.5 Å². The van der Waals surface area contributed by atoms with Crippen LogP contribution in [-0.2, 0) is 14.3 Å². The van der Waals surface area contributed by atoms with Crippen LogP contribution in [0.5, 0.6) is 0 Å². The van der Waals surface area contributed by atoms with Crippen molar-refractivity contribution in [3.8, 4) is 0 Å². The van der Waals surface area contributed by atoms with Crippen molar-refractivity contribution in [2.24, 2.45) is 5.73 Å². The normalized spacial score (nSPS) is 11.5. The van der Waals surface area contributed by atoms with Gasteiger partial charge in [-0.3, -0.25) is 4.79 Å². The second-order valence-electron chi connectivity index (χ2n) is 5.97. The van der Waals surface area contributed by atoms with E-state index < -0.39 is 0 Å². The fourth-order valence-corrected chi connectivity index (χ4v) is 2.47. The first kappa shape index (κ1) is 22.4. The molecular weight excluding hydrogens is 302 g/mol. The Labute approximate surface area is 146 Å². The number of carbonyl (C=O) groups excluding carboxylic acids is 2. The Balaban J connectivity index is 3.72. The van der Waals surface area contributed by atoms with E-state index in [0.717, 1.165) is 32.2 Å². The minimum absolute atomic E-state index is 0.310. The second kappa shape index (κ2) is 17.7. The maximum absolute atomic E-state index is 11.1. The number of unbranched alkanes of at least 4 members (excludes halogenated alkanes) is 9. The molecule has 0 aliphatic rings. The van der Waals surface area contributed by atoms with Crippen LogP contribution < -0.4 is 5.73 Å². The van der Waals surface area contributed by atoms with Crippen molar-refractivity contribution in [2.45, 2.75) is 77.6 Å². The van der Waals surface area contributed by atoms with Gasteiger partial charge in [-0.05, 0) is 25.5 Å². The van der Waals surface area contributed by atoms with Crippen LogP contribution >= 0.6 is 0 Å². The van der Waals surface area contributed by atoms with Crippen LogP contribution in [0.1, 0.15) is 77.6 Å². The molecule has 0 aliphatic carbocycles. The number of carbonyl (C=O) groups is 1. The second-order valence-corrected chi connectivity index (χ2v) is 5.97. The van der Waals surface area contributed by atoms with Gasteiger partial charge >= 0.3 is 5.97 Å². The average molecular weight is 335 g/mol. The largest absolute Gasteiger partial charge is 0.431 e. The highest BCUT2D eigenvalue weighted by Gasteiger charge is 2.01. The first-order valence-corrected chi connectivity index (χ1v) is 9.16. The van der Waals surface area contributed by atoms with Crippen LogP contribution in [0.15, 0.2) is 30.1 Å². The van der Waals surface area contributed by atoms with Crippen molar-refractivity contribution in [2.75, 3.05) is 6.54 Å². The fraction of sp³-hybridized carbons (Fsp3) is 0.650. The van der Waals surface area contributed by atoms with E-state index in [1.54, 1.807) is 24.2 Å². The molecule has 0 unspecified atom stereocenters. The van der Waals surface area contributed by atoms with E-state index in [1.807, 2.05) is 0 Å². The molecule has 0 spiro atoms. The SMILES string of the molecule is CC(=O)O/C(=C/C=C\C=C=O)CCCCCCCCCCCCN. The molecule has 136 valence electrons. The summed E-state index contributed by atoms with van der Waals surface area (Å²) in [5.74, 6) is 2.01. The number of hydrogen-bond donors (Lipinski definition) is 1. The Kier molecular flexibility index (Phi) is 16.5. The predicted molar refractivity (Wildman–Crippen MR) is 99.1 cm³/mol. The van der Waals surface area contributed by atoms with Gasteiger partial charge in [0, 0.05) is 19.4 Å². The third kappa shape index (κ3) is 16.7. The van der Waals surface area contributed by atoms with Crippen LogP contribution in [0.3, 0.4) is 0 Å².